The summed E-state index contributed by atoms with van der Waals surface area (Å²) >= 11 is 0. The summed E-state index contributed by atoms with van der Waals surface area (Å²) in [5.41, 5.74) is 4.44. The zero-order valence-corrected chi connectivity index (χ0v) is 17.8. The van der Waals surface area contributed by atoms with Crippen LogP contribution >= 0.6 is 0 Å². The number of ether oxygens (including phenoxy) is 1. The topological polar surface area (TPSA) is 73.1 Å². The van der Waals surface area contributed by atoms with Gasteiger partial charge < -0.3 is 9.64 Å². The van der Waals surface area contributed by atoms with E-state index in [0.29, 0.717) is 12.5 Å². The lowest BCUT2D eigenvalue weighted by molar-refractivity contribution is 0.0986. The van der Waals surface area contributed by atoms with Crippen molar-refractivity contribution in [3.8, 4) is 5.75 Å². The van der Waals surface area contributed by atoms with E-state index in [4.69, 9.17) is 4.74 Å². The van der Waals surface area contributed by atoms with Crippen molar-refractivity contribution in [3.63, 3.8) is 0 Å². The molecule has 0 unspecified atom stereocenters. The SMILES string of the molecule is COc1cccc(F)c1C(=O)Cc1ccc(C2=C(C)CCN(c3nnn(C)n3)C2)cc1. The summed E-state index contributed by atoms with van der Waals surface area (Å²) in [6.45, 7) is 3.68. The molecule has 0 aliphatic carbocycles. The molecule has 0 radical (unpaired) electrons. The normalized spacial score (nSPS) is 14.1. The van der Waals surface area contributed by atoms with E-state index in [1.54, 1.807) is 13.1 Å². The van der Waals surface area contributed by atoms with E-state index in [1.165, 1.54) is 35.2 Å². The van der Waals surface area contributed by atoms with Gasteiger partial charge in [0.2, 0.25) is 0 Å². The van der Waals surface area contributed by atoms with Gasteiger partial charge in [-0.3, -0.25) is 4.79 Å². The van der Waals surface area contributed by atoms with Crippen molar-refractivity contribution in [1.82, 2.24) is 20.2 Å². The van der Waals surface area contributed by atoms with Gasteiger partial charge in [0.25, 0.3) is 5.95 Å². The highest BCUT2D eigenvalue weighted by Crippen LogP contribution is 2.29. The molecule has 4 rings (SSSR count). The number of aryl methyl sites for hydroxylation is 1. The van der Waals surface area contributed by atoms with Crippen LogP contribution in [0.3, 0.4) is 0 Å². The Hall–Kier alpha value is -3.55. The smallest absolute Gasteiger partial charge is 0.266 e. The summed E-state index contributed by atoms with van der Waals surface area (Å²) < 4.78 is 19.3. The fraction of sp³-hybridized carbons (Fsp3) is 0.304. The molecule has 0 fully saturated rings. The maximum Gasteiger partial charge on any atom is 0.266 e. The van der Waals surface area contributed by atoms with Gasteiger partial charge in [0.1, 0.15) is 11.6 Å². The fourth-order valence-corrected chi connectivity index (χ4v) is 3.81. The molecule has 7 nitrogen and oxygen atoms in total. The molecular formula is C23H24FN5O2. The number of rotatable bonds is 6. The summed E-state index contributed by atoms with van der Waals surface area (Å²) in [5.74, 6) is -0.00629. The van der Waals surface area contributed by atoms with Crippen LogP contribution < -0.4 is 9.64 Å². The second-order valence-electron chi connectivity index (χ2n) is 7.62. The molecule has 160 valence electrons. The number of ketones is 1. The van der Waals surface area contributed by atoms with Crippen molar-refractivity contribution >= 4 is 17.3 Å². The van der Waals surface area contributed by atoms with Crippen LogP contribution in [0.4, 0.5) is 10.3 Å². The zero-order chi connectivity index (χ0) is 22.0. The zero-order valence-electron chi connectivity index (χ0n) is 17.8. The van der Waals surface area contributed by atoms with E-state index < -0.39 is 5.82 Å². The second kappa shape index (κ2) is 8.67. The van der Waals surface area contributed by atoms with Crippen LogP contribution in [0.5, 0.6) is 5.75 Å². The van der Waals surface area contributed by atoms with Crippen molar-refractivity contribution in [1.29, 1.82) is 0 Å². The second-order valence-corrected chi connectivity index (χ2v) is 7.62. The van der Waals surface area contributed by atoms with Gasteiger partial charge in [-0.1, -0.05) is 41.0 Å². The van der Waals surface area contributed by atoms with Gasteiger partial charge in [0, 0.05) is 19.5 Å². The Balaban J connectivity index is 1.51. The third kappa shape index (κ3) is 4.33. The van der Waals surface area contributed by atoms with Gasteiger partial charge in [-0.05, 0) is 47.4 Å². The lowest BCUT2D eigenvalue weighted by Crippen LogP contribution is -2.31. The quantitative estimate of drug-likeness (QED) is 0.568. The molecule has 31 heavy (non-hydrogen) atoms. The molecule has 0 saturated heterocycles. The highest BCUT2D eigenvalue weighted by atomic mass is 19.1. The molecule has 3 aromatic rings. The van der Waals surface area contributed by atoms with Crippen molar-refractivity contribution in [2.24, 2.45) is 7.05 Å². The maximum absolute atomic E-state index is 14.2. The van der Waals surface area contributed by atoms with E-state index >= 15 is 0 Å². The summed E-state index contributed by atoms with van der Waals surface area (Å²) in [4.78, 5) is 16.3. The van der Waals surface area contributed by atoms with E-state index in [1.807, 2.05) is 24.3 Å². The first-order valence-corrected chi connectivity index (χ1v) is 10.1. The monoisotopic (exact) mass is 421 g/mol. The first kappa shape index (κ1) is 20.7. The first-order valence-electron chi connectivity index (χ1n) is 10.1. The van der Waals surface area contributed by atoms with Gasteiger partial charge in [0.15, 0.2) is 5.78 Å². The average molecular weight is 421 g/mol. The molecule has 0 bridgehead atoms. The Bertz CT molecular complexity index is 1140. The molecule has 8 heteroatoms. The van der Waals surface area contributed by atoms with Crippen LogP contribution in [0.25, 0.3) is 5.57 Å². The number of tetrazole rings is 1. The Labute approximate surface area is 180 Å². The fourth-order valence-electron chi connectivity index (χ4n) is 3.81. The van der Waals surface area contributed by atoms with E-state index in [0.717, 1.165) is 24.1 Å². The van der Waals surface area contributed by atoms with E-state index in [-0.39, 0.29) is 23.5 Å². The van der Waals surface area contributed by atoms with Crippen LogP contribution in [0.2, 0.25) is 0 Å². The minimum absolute atomic E-state index is 0.00739. The number of hydrogen-bond acceptors (Lipinski definition) is 6. The lowest BCUT2D eigenvalue weighted by Gasteiger charge is -2.29. The number of halogens is 1. The summed E-state index contributed by atoms with van der Waals surface area (Å²) in [6, 6.07) is 12.2. The number of Topliss-reactive ketones (excluding diaryl/α,β-unsaturated/α-hetero) is 1. The third-order valence-corrected chi connectivity index (χ3v) is 5.54. The predicted octanol–water partition coefficient (Wildman–Crippen LogP) is 3.47. The van der Waals surface area contributed by atoms with Gasteiger partial charge >= 0.3 is 0 Å². The van der Waals surface area contributed by atoms with Crippen LogP contribution in [0.1, 0.15) is 34.8 Å². The summed E-state index contributed by atoms with van der Waals surface area (Å²) in [6.07, 6.45) is 1.02. The lowest BCUT2D eigenvalue weighted by atomic mass is 9.93. The third-order valence-electron chi connectivity index (χ3n) is 5.54. The Morgan fingerprint density at radius 2 is 1.97 bits per heavy atom. The number of aromatic nitrogens is 4. The first-order chi connectivity index (χ1) is 15.0. The molecule has 1 aromatic heterocycles. The molecule has 1 aliphatic rings. The number of carbonyl (C=O) groups excluding carboxylic acids is 1. The summed E-state index contributed by atoms with van der Waals surface area (Å²) in [5, 5.41) is 12.3. The van der Waals surface area contributed by atoms with E-state index in [9.17, 15) is 9.18 Å². The number of hydrogen-bond donors (Lipinski definition) is 0. The molecule has 0 saturated carbocycles. The average Bonchev–Trinajstić information content (AvgIpc) is 3.20. The van der Waals surface area contributed by atoms with Gasteiger partial charge in [-0.2, -0.15) is 4.80 Å². The number of benzene rings is 2. The minimum Gasteiger partial charge on any atom is -0.496 e. The Morgan fingerprint density at radius 1 is 1.19 bits per heavy atom. The van der Waals surface area contributed by atoms with Crippen molar-refractivity contribution in [3.05, 3.63) is 70.5 Å². The van der Waals surface area contributed by atoms with Crippen molar-refractivity contribution in [2.45, 2.75) is 19.8 Å². The number of nitrogens with zero attached hydrogens (tertiary/aromatic N) is 5. The van der Waals surface area contributed by atoms with Gasteiger partial charge in [0.05, 0.1) is 19.7 Å². The largest absolute Gasteiger partial charge is 0.496 e. The predicted molar refractivity (Wildman–Crippen MR) is 116 cm³/mol. The van der Waals surface area contributed by atoms with Crippen LogP contribution in [0, 0.1) is 5.82 Å². The molecule has 1 aliphatic heterocycles. The highest BCUT2D eigenvalue weighted by molar-refractivity contribution is 6.00. The Kier molecular flexibility index (Phi) is 5.79. The van der Waals surface area contributed by atoms with Crippen LogP contribution in [-0.4, -0.2) is 46.2 Å². The van der Waals surface area contributed by atoms with Crippen molar-refractivity contribution < 1.29 is 13.9 Å². The van der Waals surface area contributed by atoms with Crippen LogP contribution in [-0.2, 0) is 13.5 Å². The summed E-state index contributed by atoms with van der Waals surface area (Å²) in [7, 11) is 3.18. The number of anilines is 1. The number of carbonyl (C=O) groups is 1. The molecule has 0 atom stereocenters. The molecule has 2 heterocycles. The molecular weight excluding hydrogens is 397 g/mol. The maximum atomic E-state index is 14.2. The molecule has 2 aromatic carbocycles. The van der Waals surface area contributed by atoms with Gasteiger partial charge in [-0.15, -0.1) is 5.10 Å². The highest BCUT2D eigenvalue weighted by Gasteiger charge is 2.22. The number of methoxy groups -OCH3 is 1. The standard InChI is InChI=1S/C23H24FN5O2/c1-15-11-12-29(23-25-27-28(2)26-23)14-18(15)17-9-7-16(8-10-17)13-20(30)22-19(24)5-4-6-21(22)31-3/h4-10H,11-14H2,1-3H3. The molecule has 0 spiro atoms. The van der Waals surface area contributed by atoms with E-state index in [2.05, 4.69) is 27.2 Å². The molecule has 0 amide bonds. The Morgan fingerprint density at radius 3 is 2.65 bits per heavy atom. The van der Waals surface area contributed by atoms with Crippen molar-refractivity contribution in [2.75, 3.05) is 25.1 Å². The van der Waals surface area contributed by atoms with Gasteiger partial charge in [-0.25, -0.2) is 4.39 Å². The van der Waals surface area contributed by atoms with Crippen LogP contribution in [0.15, 0.2) is 48.0 Å². The molecule has 0 N–H and O–H groups in total. The minimum atomic E-state index is -0.568.